The van der Waals surface area contributed by atoms with Gasteiger partial charge in [0.1, 0.15) is 0 Å². The first-order chi connectivity index (χ1) is 22.2. The molecule has 5 heteroatoms. The topological polar surface area (TPSA) is 43.6 Å². The van der Waals surface area contributed by atoms with Gasteiger partial charge in [0.2, 0.25) is 0 Å². The van der Waals surface area contributed by atoms with Crippen molar-refractivity contribution in [3.05, 3.63) is 187 Å². The molecule has 4 aromatic carbocycles. The van der Waals surface area contributed by atoms with E-state index in [1.165, 1.54) is 22.3 Å². The van der Waals surface area contributed by atoms with E-state index >= 15 is 0 Å². The van der Waals surface area contributed by atoms with Crippen molar-refractivity contribution in [1.29, 1.82) is 0 Å². The van der Waals surface area contributed by atoms with Crippen LogP contribution in [0, 0.1) is 18.2 Å². The third-order valence-electron chi connectivity index (χ3n) is 7.63. The van der Waals surface area contributed by atoms with Crippen LogP contribution in [0.3, 0.4) is 0 Å². The zero-order valence-electron chi connectivity index (χ0n) is 25.6. The summed E-state index contributed by atoms with van der Waals surface area (Å²) in [6.07, 6.45) is 10.3. The van der Waals surface area contributed by atoms with E-state index in [1.807, 2.05) is 103 Å². The fraction of sp³-hybridized carbons (Fsp3) is 0.0976. The summed E-state index contributed by atoms with van der Waals surface area (Å²) >= 11 is 0. The van der Waals surface area contributed by atoms with E-state index in [1.54, 1.807) is 6.20 Å². The first-order valence-electron chi connectivity index (χ1n) is 15.1. The number of hydrogen-bond acceptors (Lipinski definition) is 3. The number of aromatic nitrogens is 4. The Balaban J connectivity index is 0.000000269. The average molecular weight is 774 g/mol. The number of imidazole rings is 1. The van der Waals surface area contributed by atoms with E-state index in [0.717, 1.165) is 53.2 Å². The summed E-state index contributed by atoms with van der Waals surface area (Å²) < 4.78 is 1.98. The maximum atomic E-state index is 4.65. The van der Waals surface area contributed by atoms with E-state index in [2.05, 4.69) is 81.7 Å². The summed E-state index contributed by atoms with van der Waals surface area (Å²) in [7, 11) is 1.98. The number of hydrogen-bond donors (Lipinski definition) is 0. The molecule has 0 saturated heterocycles. The van der Waals surface area contributed by atoms with E-state index in [9.17, 15) is 0 Å². The minimum atomic E-state index is 0. The van der Waals surface area contributed by atoms with Crippen molar-refractivity contribution < 1.29 is 20.1 Å². The summed E-state index contributed by atoms with van der Waals surface area (Å²) in [4.78, 5) is 13.4. The van der Waals surface area contributed by atoms with E-state index in [0.29, 0.717) is 0 Å². The third-order valence-corrected chi connectivity index (χ3v) is 7.63. The first kappa shape index (κ1) is 32.4. The van der Waals surface area contributed by atoms with Gasteiger partial charge in [0, 0.05) is 31.8 Å². The molecule has 0 N–H and O–H groups in total. The van der Waals surface area contributed by atoms with Gasteiger partial charge in [-0.3, -0.25) is 4.98 Å². The number of rotatable bonds is 8. The summed E-state index contributed by atoms with van der Waals surface area (Å²) in [5.41, 5.74) is 10.3. The van der Waals surface area contributed by atoms with Gasteiger partial charge >= 0.3 is 20.1 Å². The van der Waals surface area contributed by atoms with Gasteiger partial charge in [0.25, 0.3) is 0 Å². The molecule has 0 amide bonds. The van der Waals surface area contributed by atoms with Gasteiger partial charge in [0.15, 0.2) is 0 Å². The molecule has 0 unspecified atom stereocenters. The SMILES string of the molecule is Cn1ccnc1-c1[c-]cccc1.[Ir+3].[c-]1ccccc1-c1ccc(CCc2ccccc2Cc2ccc[c-]c2-c2ccccn2)cn1. The maximum absolute atomic E-state index is 4.65. The minimum Gasteiger partial charge on any atom is -0.373 e. The van der Waals surface area contributed by atoms with Gasteiger partial charge in [-0.1, -0.05) is 48.5 Å². The van der Waals surface area contributed by atoms with Crippen LogP contribution in [-0.4, -0.2) is 19.5 Å². The van der Waals surface area contributed by atoms with Crippen molar-refractivity contribution in [2.45, 2.75) is 19.3 Å². The summed E-state index contributed by atoms with van der Waals surface area (Å²) in [6.45, 7) is 0. The van der Waals surface area contributed by atoms with Crippen LogP contribution in [0.5, 0.6) is 0 Å². The standard InChI is InChI=1S/C31H24N2.C10H9N2.Ir/c1-2-11-26(12-3-1)30-20-18-24(23-33-30)17-19-25-10-4-5-13-27(25)22-28-14-6-7-15-29(28)31-16-8-9-21-32-31;1-12-8-7-11-10(12)9-5-3-2-4-6-9;/h1-11,13-14,16,18,20-21,23H,17,19,22H2;2-5,7-8H,1H3;/q-2;-1;+3. The second-order valence-corrected chi connectivity index (χ2v) is 10.7. The predicted molar refractivity (Wildman–Crippen MR) is 181 cm³/mol. The van der Waals surface area contributed by atoms with Gasteiger partial charge in [0.05, 0.1) is 5.82 Å². The van der Waals surface area contributed by atoms with Gasteiger partial charge in [-0.25, -0.2) is 0 Å². The number of nitrogens with zero attached hydrogens (tertiary/aromatic N) is 4. The van der Waals surface area contributed by atoms with Crippen molar-refractivity contribution in [3.63, 3.8) is 0 Å². The minimum absolute atomic E-state index is 0. The van der Waals surface area contributed by atoms with E-state index in [-0.39, 0.29) is 20.1 Å². The molecular weight excluding hydrogens is 741 g/mol. The van der Waals surface area contributed by atoms with Crippen LogP contribution in [0.25, 0.3) is 33.9 Å². The van der Waals surface area contributed by atoms with Crippen LogP contribution in [0.1, 0.15) is 22.3 Å². The molecule has 226 valence electrons. The molecule has 46 heavy (non-hydrogen) atoms. The van der Waals surface area contributed by atoms with Crippen LogP contribution in [0.2, 0.25) is 0 Å². The molecule has 0 fully saturated rings. The van der Waals surface area contributed by atoms with Crippen LogP contribution < -0.4 is 0 Å². The first-order valence-corrected chi connectivity index (χ1v) is 15.1. The summed E-state index contributed by atoms with van der Waals surface area (Å²) in [6, 6.07) is 50.8. The molecule has 7 aromatic rings. The van der Waals surface area contributed by atoms with Crippen LogP contribution >= 0.6 is 0 Å². The Kier molecular flexibility index (Phi) is 11.5. The molecule has 4 nitrogen and oxygen atoms in total. The monoisotopic (exact) mass is 774 g/mol. The van der Waals surface area contributed by atoms with E-state index in [4.69, 9.17) is 0 Å². The molecule has 0 saturated carbocycles. The smallest absolute Gasteiger partial charge is 0.373 e. The Morgan fingerprint density at radius 2 is 1.28 bits per heavy atom. The molecular formula is C41H33IrN4. The van der Waals surface area contributed by atoms with Gasteiger partial charge < -0.3 is 14.5 Å². The normalized spacial score (nSPS) is 10.4. The van der Waals surface area contributed by atoms with Crippen LogP contribution in [-0.2, 0) is 46.4 Å². The quantitative estimate of drug-likeness (QED) is 0.145. The molecule has 0 bridgehead atoms. The second kappa shape index (κ2) is 16.4. The Morgan fingerprint density at radius 1 is 0.565 bits per heavy atom. The molecule has 3 heterocycles. The number of pyridine rings is 2. The molecule has 0 spiro atoms. The molecule has 0 atom stereocenters. The Hall–Kier alpha value is -4.96. The second-order valence-electron chi connectivity index (χ2n) is 10.7. The molecule has 0 radical (unpaired) electrons. The largest absolute Gasteiger partial charge is 3.00 e. The van der Waals surface area contributed by atoms with Crippen molar-refractivity contribution in [3.8, 4) is 33.9 Å². The van der Waals surface area contributed by atoms with Gasteiger partial charge in [-0.05, 0) is 53.4 Å². The van der Waals surface area contributed by atoms with Gasteiger partial charge in [-0.15, -0.1) is 107 Å². The fourth-order valence-electron chi connectivity index (χ4n) is 5.27. The molecule has 3 aromatic heterocycles. The zero-order valence-corrected chi connectivity index (χ0v) is 28.0. The Labute approximate surface area is 285 Å². The van der Waals surface area contributed by atoms with Gasteiger partial charge in [-0.2, -0.15) is 0 Å². The maximum Gasteiger partial charge on any atom is 3.00 e. The van der Waals surface area contributed by atoms with Crippen molar-refractivity contribution in [1.82, 2.24) is 19.5 Å². The summed E-state index contributed by atoms with van der Waals surface area (Å²) in [5, 5.41) is 0. The molecule has 0 aliphatic rings. The fourth-order valence-corrected chi connectivity index (χ4v) is 5.27. The van der Waals surface area contributed by atoms with Crippen molar-refractivity contribution >= 4 is 0 Å². The molecule has 7 rings (SSSR count). The number of aryl methyl sites for hydroxylation is 3. The molecule has 0 aliphatic carbocycles. The summed E-state index contributed by atoms with van der Waals surface area (Å²) in [5.74, 6) is 0.954. The Morgan fingerprint density at radius 3 is 1.96 bits per heavy atom. The van der Waals surface area contributed by atoms with Crippen molar-refractivity contribution in [2.75, 3.05) is 0 Å². The predicted octanol–water partition coefficient (Wildman–Crippen LogP) is 8.67. The number of benzene rings is 4. The average Bonchev–Trinajstić information content (AvgIpc) is 3.55. The zero-order chi connectivity index (χ0) is 30.7. The van der Waals surface area contributed by atoms with E-state index < -0.39 is 0 Å². The van der Waals surface area contributed by atoms with Crippen LogP contribution in [0.15, 0.2) is 146 Å². The molecule has 0 aliphatic heterocycles. The van der Waals surface area contributed by atoms with Crippen molar-refractivity contribution in [2.24, 2.45) is 7.05 Å². The third kappa shape index (κ3) is 8.39. The van der Waals surface area contributed by atoms with Crippen LogP contribution in [0.4, 0.5) is 0 Å². The Bertz CT molecular complexity index is 1920.